The molecule has 14 rings (SSSR count). The summed E-state index contributed by atoms with van der Waals surface area (Å²) in [6, 6.07) is 83.5. The van der Waals surface area contributed by atoms with Crippen LogP contribution in [0.1, 0.15) is 30.5 Å². The summed E-state index contributed by atoms with van der Waals surface area (Å²) in [5.74, 6) is -0.211. The van der Waals surface area contributed by atoms with Crippen molar-refractivity contribution in [1.29, 1.82) is 5.26 Å². The smallest absolute Gasteiger partial charge is 0.302 e. The van der Waals surface area contributed by atoms with E-state index in [4.69, 9.17) is 0 Å². The summed E-state index contributed by atoms with van der Waals surface area (Å²) in [6.07, 6.45) is 0.541. The van der Waals surface area contributed by atoms with Gasteiger partial charge in [-0.05, 0) is 61.0 Å². The van der Waals surface area contributed by atoms with E-state index in [2.05, 4.69) is 254 Å². The molecule has 0 radical (unpaired) electrons. The van der Waals surface area contributed by atoms with Gasteiger partial charge in [0.2, 0.25) is 0 Å². The number of nitriles is 1. The lowest BCUT2D eigenvalue weighted by Crippen LogP contribution is -2.18. The van der Waals surface area contributed by atoms with Gasteiger partial charge in [-0.2, -0.15) is 5.26 Å². The summed E-state index contributed by atoms with van der Waals surface area (Å²) < 4.78 is 14.2. The summed E-state index contributed by atoms with van der Waals surface area (Å²) in [7, 11) is 0. The molecule has 0 amide bonds. The highest BCUT2D eigenvalue weighted by Crippen LogP contribution is 2.49. The SMILES string of the molecule is CCOC(C)=O.N#Cc1c(-n2c3ccccc3c3ccccc32)c(Cc2ccccc2)c(-n2c3ccccc3c3ccccc32)c(-n2c3ccccc3c3ccccc32)c1-n1c2ccccc2c2ccccc21. The molecule has 0 spiro atoms. The van der Waals surface area contributed by atoms with E-state index in [0.717, 1.165) is 121 Å². The minimum atomic E-state index is -0.211. The highest BCUT2D eigenvalue weighted by atomic mass is 16.5. The van der Waals surface area contributed by atoms with Gasteiger partial charge in [0.1, 0.15) is 11.6 Å². The number of benzene rings is 10. The van der Waals surface area contributed by atoms with Crippen LogP contribution in [-0.2, 0) is 16.0 Å². The van der Waals surface area contributed by atoms with Crippen LogP contribution in [0.5, 0.6) is 0 Å². The van der Waals surface area contributed by atoms with E-state index >= 15 is 0 Å². The van der Waals surface area contributed by atoms with E-state index in [1.807, 2.05) is 0 Å². The third kappa shape index (κ3) is 6.76. The second-order valence-corrected chi connectivity index (χ2v) is 18.4. The second-order valence-electron chi connectivity index (χ2n) is 18.4. The molecule has 0 saturated heterocycles. The van der Waals surface area contributed by atoms with Gasteiger partial charge in [0.25, 0.3) is 0 Å². The molecule has 0 atom stereocenters. The quantitative estimate of drug-likeness (QED) is 0.150. The fourth-order valence-corrected chi connectivity index (χ4v) is 11.6. The van der Waals surface area contributed by atoms with Crippen LogP contribution in [0, 0.1) is 11.3 Å². The largest absolute Gasteiger partial charge is 0.466 e. The monoisotopic (exact) mass is 941 g/mol. The summed E-state index contributed by atoms with van der Waals surface area (Å²) in [5, 5.41) is 21.6. The summed E-state index contributed by atoms with van der Waals surface area (Å²) in [5.41, 5.74) is 14.8. The van der Waals surface area contributed by atoms with Crippen molar-refractivity contribution < 1.29 is 9.53 Å². The number of ether oxygens (including phenoxy) is 1. The Balaban J connectivity index is 0.000000814. The molecule has 0 aliphatic carbocycles. The van der Waals surface area contributed by atoms with E-state index in [9.17, 15) is 10.1 Å². The minimum Gasteiger partial charge on any atom is -0.466 e. The van der Waals surface area contributed by atoms with Crippen molar-refractivity contribution in [3.05, 3.63) is 241 Å². The lowest BCUT2D eigenvalue weighted by atomic mass is 9.93. The van der Waals surface area contributed by atoms with Crippen LogP contribution in [0.2, 0.25) is 0 Å². The molecule has 0 fully saturated rings. The maximum absolute atomic E-state index is 12.5. The zero-order valence-electron chi connectivity index (χ0n) is 40.3. The first-order chi connectivity index (χ1) is 36.1. The average molecular weight is 942 g/mol. The Morgan fingerprint density at radius 1 is 0.384 bits per heavy atom. The number of nitrogens with zero attached hydrogens (tertiary/aromatic N) is 5. The summed E-state index contributed by atoms with van der Waals surface area (Å²) >= 11 is 0. The Morgan fingerprint density at radius 2 is 0.658 bits per heavy atom. The standard InChI is InChI=1S/C62H39N5.C4H8O2/c63-39-50-59(64-51-30-12-4-22-41(51)42-23-5-13-31-52(42)64)49(38-40-20-2-1-3-21-40)60(65-53-32-14-6-24-43(53)44-25-7-15-33-54(44)65)62(67-57-36-18-10-28-47(57)48-29-11-19-37-58(48)67)61(50)66-55-34-16-8-26-45(55)46-27-9-17-35-56(46)66;1-3-6-4(2)5/h1-37H,38H2;3H2,1-2H3. The zero-order chi connectivity index (χ0) is 49.2. The Labute approximate surface area is 421 Å². The number of aromatic nitrogens is 4. The first kappa shape index (κ1) is 43.4. The van der Waals surface area contributed by atoms with Gasteiger partial charge in [-0.3, -0.25) is 4.79 Å². The molecule has 7 nitrogen and oxygen atoms in total. The van der Waals surface area contributed by atoms with Crippen molar-refractivity contribution in [2.24, 2.45) is 0 Å². The number of esters is 1. The molecule has 0 aliphatic rings. The molecule has 0 N–H and O–H groups in total. The molecule has 348 valence electrons. The van der Waals surface area contributed by atoms with Gasteiger partial charge >= 0.3 is 5.97 Å². The zero-order valence-corrected chi connectivity index (χ0v) is 40.3. The second kappa shape index (κ2) is 17.6. The third-order valence-electron chi connectivity index (χ3n) is 14.4. The lowest BCUT2D eigenvalue weighted by molar-refractivity contribution is -0.140. The van der Waals surface area contributed by atoms with Crippen molar-refractivity contribution in [1.82, 2.24) is 18.3 Å². The van der Waals surface area contributed by atoms with Crippen LogP contribution in [0.3, 0.4) is 0 Å². The molecule has 0 unspecified atom stereocenters. The fraction of sp³-hybridized carbons (Fsp3) is 0.0606. The van der Waals surface area contributed by atoms with E-state index in [1.54, 1.807) is 6.92 Å². The Hall–Kier alpha value is -9.64. The number of para-hydroxylation sites is 8. The van der Waals surface area contributed by atoms with Crippen LogP contribution < -0.4 is 0 Å². The number of hydrogen-bond donors (Lipinski definition) is 0. The normalized spacial score (nSPS) is 11.6. The number of carbonyl (C=O) groups excluding carboxylic acids is 1. The van der Waals surface area contributed by atoms with Crippen LogP contribution in [0.25, 0.3) is 110 Å². The minimum absolute atomic E-state index is 0.211. The molecule has 73 heavy (non-hydrogen) atoms. The van der Waals surface area contributed by atoms with Crippen LogP contribution in [-0.4, -0.2) is 30.8 Å². The Kier molecular flexibility index (Phi) is 10.5. The molecular weight excluding hydrogens is 895 g/mol. The number of hydrogen-bond acceptors (Lipinski definition) is 3. The Bertz CT molecular complexity index is 4330. The van der Waals surface area contributed by atoms with Gasteiger partial charge in [0, 0.05) is 62.0 Å². The fourth-order valence-electron chi connectivity index (χ4n) is 11.6. The number of fused-ring (bicyclic) bond motifs is 12. The van der Waals surface area contributed by atoms with Gasteiger partial charge in [-0.15, -0.1) is 0 Å². The van der Waals surface area contributed by atoms with Crippen molar-refractivity contribution in [3.63, 3.8) is 0 Å². The molecule has 0 bridgehead atoms. The van der Waals surface area contributed by atoms with Gasteiger partial charge in [0.05, 0.1) is 73.5 Å². The van der Waals surface area contributed by atoms with Crippen LogP contribution in [0.15, 0.2) is 224 Å². The van der Waals surface area contributed by atoms with Gasteiger partial charge in [-0.1, -0.05) is 176 Å². The first-order valence-electron chi connectivity index (χ1n) is 24.8. The first-order valence-corrected chi connectivity index (χ1v) is 24.8. The Morgan fingerprint density at radius 3 is 0.945 bits per heavy atom. The lowest BCUT2D eigenvalue weighted by Gasteiger charge is -2.29. The van der Waals surface area contributed by atoms with Crippen LogP contribution >= 0.6 is 0 Å². The van der Waals surface area contributed by atoms with E-state index in [1.165, 1.54) is 6.92 Å². The van der Waals surface area contributed by atoms with E-state index in [-0.39, 0.29) is 5.97 Å². The predicted octanol–water partition coefficient (Wildman–Crippen LogP) is 16.1. The molecule has 14 aromatic rings. The van der Waals surface area contributed by atoms with Crippen molar-refractivity contribution in [3.8, 4) is 28.8 Å². The third-order valence-corrected chi connectivity index (χ3v) is 14.4. The number of carbonyl (C=O) groups is 1. The maximum atomic E-state index is 12.5. The van der Waals surface area contributed by atoms with Crippen LogP contribution in [0.4, 0.5) is 0 Å². The molecule has 10 aromatic carbocycles. The summed E-state index contributed by atoms with van der Waals surface area (Å²) in [4.78, 5) is 9.82. The van der Waals surface area contributed by atoms with Gasteiger partial charge in [-0.25, -0.2) is 0 Å². The van der Waals surface area contributed by atoms with Crippen molar-refractivity contribution in [2.75, 3.05) is 6.61 Å². The molecular formula is C66H47N5O2. The van der Waals surface area contributed by atoms with Gasteiger partial charge < -0.3 is 23.0 Å². The molecule has 4 aromatic heterocycles. The predicted molar refractivity (Wildman–Crippen MR) is 300 cm³/mol. The average Bonchev–Trinajstić information content (AvgIpc) is 4.16. The van der Waals surface area contributed by atoms with Crippen molar-refractivity contribution in [2.45, 2.75) is 20.3 Å². The molecule has 4 heterocycles. The molecule has 0 saturated carbocycles. The van der Waals surface area contributed by atoms with E-state index < -0.39 is 0 Å². The highest BCUT2D eigenvalue weighted by Gasteiger charge is 2.34. The van der Waals surface area contributed by atoms with E-state index in [0.29, 0.717) is 18.6 Å². The molecule has 7 heteroatoms. The van der Waals surface area contributed by atoms with Gasteiger partial charge in [0.15, 0.2) is 0 Å². The summed E-state index contributed by atoms with van der Waals surface area (Å²) in [6.45, 7) is 3.65. The number of rotatable bonds is 7. The maximum Gasteiger partial charge on any atom is 0.302 e. The topological polar surface area (TPSA) is 69.8 Å². The highest BCUT2D eigenvalue weighted by molar-refractivity contribution is 6.15. The molecule has 0 aliphatic heterocycles. The van der Waals surface area contributed by atoms with Crippen molar-refractivity contribution >= 4 is 93.2 Å².